The van der Waals surface area contributed by atoms with Crippen molar-refractivity contribution in [2.75, 3.05) is 6.54 Å². The highest BCUT2D eigenvalue weighted by molar-refractivity contribution is 5.08. The predicted molar refractivity (Wildman–Crippen MR) is 57.2 cm³/mol. The zero-order chi connectivity index (χ0) is 10.7. The molecule has 1 rings (SSSR count). The summed E-state index contributed by atoms with van der Waals surface area (Å²) in [6.07, 6.45) is 0. The van der Waals surface area contributed by atoms with Crippen LogP contribution < -0.4 is 0 Å². The summed E-state index contributed by atoms with van der Waals surface area (Å²) in [6.45, 7) is 11.7. The summed E-state index contributed by atoms with van der Waals surface area (Å²) in [5.41, 5.74) is 1.03. The van der Waals surface area contributed by atoms with Gasteiger partial charge in [-0.05, 0) is 34.2 Å². The van der Waals surface area contributed by atoms with Crippen molar-refractivity contribution >= 4 is 0 Å². The lowest BCUT2D eigenvalue weighted by Crippen LogP contribution is -2.33. The minimum absolute atomic E-state index is 0.331. The number of aromatic nitrogens is 1. The minimum Gasteiger partial charge on any atom is -0.361 e. The maximum Gasteiger partial charge on any atom is 0.133 e. The van der Waals surface area contributed by atoms with Crippen molar-refractivity contribution in [3.05, 3.63) is 17.5 Å². The average Bonchev–Trinajstić information content (AvgIpc) is 2.52. The van der Waals surface area contributed by atoms with E-state index >= 15 is 0 Å². The van der Waals surface area contributed by atoms with Crippen molar-refractivity contribution in [2.24, 2.45) is 0 Å². The SMILES string of the molecule is CCN(C(C)C)C(C)c1cc(C)on1. The molecule has 1 atom stereocenters. The molecule has 0 radical (unpaired) electrons. The van der Waals surface area contributed by atoms with Crippen LogP contribution in [0.3, 0.4) is 0 Å². The van der Waals surface area contributed by atoms with Gasteiger partial charge in [-0.1, -0.05) is 12.1 Å². The molecule has 14 heavy (non-hydrogen) atoms. The fourth-order valence-electron chi connectivity index (χ4n) is 1.84. The Kier molecular flexibility index (Phi) is 3.69. The van der Waals surface area contributed by atoms with Gasteiger partial charge in [0.2, 0.25) is 0 Å². The Morgan fingerprint density at radius 2 is 2.07 bits per heavy atom. The third-order valence-electron chi connectivity index (χ3n) is 2.60. The zero-order valence-electron chi connectivity index (χ0n) is 9.74. The maximum atomic E-state index is 5.08. The van der Waals surface area contributed by atoms with Gasteiger partial charge in [0.25, 0.3) is 0 Å². The first-order valence-electron chi connectivity index (χ1n) is 5.25. The smallest absolute Gasteiger partial charge is 0.133 e. The number of nitrogens with zero attached hydrogens (tertiary/aromatic N) is 2. The maximum absolute atomic E-state index is 5.08. The Bertz CT molecular complexity index is 281. The number of hydrogen-bond donors (Lipinski definition) is 0. The molecule has 0 amide bonds. The van der Waals surface area contributed by atoms with Gasteiger partial charge in [0.1, 0.15) is 11.5 Å². The summed E-state index contributed by atoms with van der Waals surface area (Å²) in [6, 6.07) is 2.87. The zero-order valence-corrected chi connectivity index (χ0v) is 9.74. The van der Waals surface area contributed by atoms with Crippen molar-refractivity contribution in [3.8, 4) is 0 Å². The lowest BCUT2D eigenvalue weighted by molar-refractivity contribution is 0.167. The van der Waals surface area contributed by atoms with Crippen LogP contribution in [0.25, 0.3) is 0 Å². The molecule has 0 aliphatic rings. The van der Waals surface area contributed by atoms with Crippen molar-refractivity contribution < 1.29 is 4.52 Å². The summed E-state index contributed by atoms with van der Waals surface area (Å²) in [5.74, 6) is 0.881. The predicted octanol–water partition coefficient (Wildman–Crippen LogP) is 2.77. The summed E-state index contributed by atoms with van der Waals surface area (Å²) in [7, 11) is 0. The quantitative estimate of drug-likeness (QED) is 0.741. The summed E-state index contributed by atoms with van der Waals surface area (Å²) in [5, 5.41) is 4.05. The fourth-order valence-corrected chi connectivity index (χ4v) is 1.84. The summed E-state index contributed by atoms with van der Waals surface area (Å²) in [4.78, 5) is 2.39. The second-order valence-electron chi connectivity index (χ2n) is 3.96. The average molecular weight is 196 g/mol. The molecule has 1 unspecified atom stereocenters. The molecule has 0 bridgehead atoms. The summed E-state index contributed by atoms with van der Waals surface area (Å²) < 4.78 is 5.08. The molecular formula is C11H20N2O. The van der Waals surface area contributed by atoms with Crippen molar-refractivity contribution in [3.63, 3.8) is 0 Å². The van der Waals surface area contributed by atoms with Crippen LogP contribution >= 0.6 is 0 Å². The molecule has 0 spiro atoms. The van der Waals surface area contributed by atoms with Gasteiger partial charge in [0.05, 0.1) is 6.04 Å². The monoisotopic (exact) mass is 196 g/mol. The Morgan fingerprint density at radius 1 is 1.43 bits per heavy atom. The van der Waals surface area contributed by atoms with Gasteiger partial charge in [-0.25, -0.2) is 0 Å². The van der Waals surface area contributed by atoms with Crippen LogP contribution in [0.15, 0.2) is 10.6 Å². The normalized spacial score (nSPS) is 13.9. The molecule has 3 heteroatoms. The van der Waals surface area contributed by atoms with E-state index in [4.69, 9.17) is 4.52 Å². The lowest BCUT2D eigenvalue weighted by atomic mass is 10.1. The fraction of sp³-hybridized carbons (Fsp3) is 0.727. The molecule has 0 aliphatic carbocycles. The third-order valence-corrected chi connectivity index (χ3v) is 2.60. The molecule has 3 nitrogen and oxygen atoms in total. The second kappa shape index (κ2) is 4.60. The molecule has 0 aromatic carbocycles. The van der Waals surface area contributed by atoms with Gasteiger partial charge in [0.15, 0.2) is 0 Å². The number of rotatable bonds is 4. The molecule has 0 N–H and O–H groups in total. The highest BCUT2D eigenvalue weighted by Crippen LogP contribution is 2.21. The topological polar surface area (TPSA) is 29.3 Å². The van der Waals surface area contributed by atoms with E-state index in [0.29, 0.717) is 12.1 Å². The van der Waals surface area contributed by atoms with Gasteiger partial charge >= 0.3 is 0 Å². The highest BCUT2D eigenvalue weighted by Gasteiger charge is 2.19. The first kappa shape index (κ1) is 11.2. The van der Waals surface area contributed by atoms with E-state index in [1.807, 2.05) is 13.0 Å². The van der Waals surface area contributed by atoms with Crippen molar-refractivity contribution in [2.45, 2.75) is 46.7 Å². The van der Waals surface area contributed by atoms with Gasteiger partial charge < -0.3 is 4.52 Å². The molecule has 1 aromatic heterocycles. The van der Waals surface area contributed by atoms with Gasteiger partial charge in [-0.3, -0.25) is 4.90 Å². The first-order chi connectivity index (χ1) is 6.56. The van der Waals surface area contributed by atoms with Gasteiger partial charge in [0, 0.05) is 12.1 Å². The molecule has 1 aromatic rings. The molecule has 80 valence electrons. The van der Waals surface area contributed by atoms with Crippen LogP contribution in [0.2, 0.25) is 0 Å². The molecule has 0 fully saturated rings. The van der Waals surface area contributed by atoms with Crippen LogP contribution in [0.1, 0.15) is 45.2 Å². The number of aryl methyl sites for hydroxylation is 1. The van der Waals surface area contributed by atoms with Crippen LogP contribution in [-0.4, -0.2) is 22.6 Å². The van der Waals surface area contributed by atoms with Gasteiger partial charge in [-0.2, -0.15) is 0 Å². The van der Waals surface area contributed by atoms with E-state index in [1.54, 1.807) is 0 Å². The van der Waals surface area contributed by atoms with Crippen LogP contribution in [0.5, 0.6) is 0 Å². The Balaban J connectivity index is 2.77. The Morgan fingerprint density at radius 3 is 2.43 bits per heavy atom. The first-order valence-corrected chi connectivity index (χ1v) is 5.25. The summed E-state index contributed by atoms with van der Waals surface area (Å²) >= 11 is 0. The Labute approximate surface area is 86.1 Å². The standard InChI is InChI=1S/C11H20N2O/c1-6-13(8(2)3)10(5)11-7-9(4)14-12-11/h7-8,10H,6H2,1-5H3. The molecular weight excluding hydrogens is 176 g/mol. The lowest BCUT2D eigenvalue weighted by Gasteiger charge is -2.29. The molecule has 1 heterocycles. The van der Waals surface area contributed by atoms with Crippen LogP contribution in [0.4, 0.5) is 0 Å². The molecule has 0 aliphatic heterocycles. The largest absolute Gasteiger partial charge is 0.361 e. The van der Waals surface area contributed by atoms with Gasteiger partial charge in [-0.15, -0.1) is 0 Å². The van der Waals surface area contributed by atoms with E-state index in [2.05, 4.69) is 37.8 Å². The minimum atomic E-state index is 0.331. The molecule has 0 saturated heterocycles. The van der Waals surface area contributed by atoms with E-state index in [-0.39, 0.29) is 0 Å². The van der Waals surface area contributed by atoms with Crippen LogP contribution in [-0.2, 0) is 0 Å². The Hall–Kier alpha value is -0.830. The van der Waals surface area contributed by atoms with E-state index in [9.17, 15) is 0 Å². The van der Waals surface area contributed by atoms with E-state index in [1.165, 1.54) is 0 Å². The van der Waals surface area contributed by atoms with Crippen molar-refractivity contribution in [1.29, 1.82) is 0 Å². The molecule has 0 saturated carbocycles. The van der Waals surface area contributed by atoms with E-state index in [0.717, 1.165) is 18.0 Å². The third kappa shape index (κ3) is 2.35. The van der Waals surface area contributed by atoms with Crippen LogP contribution in [0, 0.1) is 6.92 Å². The van der Waals surface area contributed by atoms with Crippen molar-refractivity contribution in [1.82, 2.24) is 10.1 Å². The second-order valence-corrected chi connectivity index (χ2v) is 3.96. The number of hydrogen-bond acceptors (Lipinski definition) is 3. The highest BCUT2D eigenvalue weighted by atomic mass is 16.5. The van der Waals surface area contributed by atoms with E-state index < -0.39 is 0 Å².